The number of rotatable bonds is 3. The van der Waals surface area contributed by atoms with E-state index in [-0.39, 0.29) is 12.4 Å². The van der Waals surface area contributed by atoms with Gasteiger partial charge in [0.25, 0.3) is 0 Å². The molecule has 1 aromatic carbocycles. The van der Waals surface area contributed by atoms with Gasteiger partial charge in [-0.3, -0.25) is 4.31 Å². The maximum Gasteiger partial charge on any atom is 0.235 e. The fourth-order valence-corrected chi connectivity index (χ4v) is 3.92. The van der Waals surface area contributed by atoms with E-state index in [2.05, 4.69) is 11.8 Å². The van der Waals surface area contributed by atoms with Crippen molar-refractivity contribution in [1.82, 2.24) is 0 Å². The summed E-state index contributed by atoms with van der Waals surface area (Å²) in [6.07, 6.45) is 1.89. The Labute approximate surface area is 120 Å². The number of aryl methyl sites for hydroxylation is 1. The quantitative estimate of drug-likeness (QED) is 0.860. The zero-order valence-electron chi connectivity index (χ0n) is 11.6. The molecule has 0 unspecified atom stereocenters. The lowest BCUT2D eigenvalue weighted by molar-refractivity contribution is 0.305. The molecule has 0 aromatic heterocycles. The number of hydrogen-bond acceptors (Lipinski definition) is 3. The van der Waals surface area contributed by atoms with Gasteiger partial charge in [-0.25, -0.2) is 8.42 Å². The Kier molecular flexibility index (Phi) is 4.69. The van der Waals surface area contributed by atoms with Crippen molar-refractivity contribution in [2.45, 2.75) is 26.2 Å². The van der Waals surface area contributed by atoms with Gasteiger partial charge in [-0.15, -0.1) is 0 Å². The molecular formula is C15H19NO3S. The molecule has 108 valence electrons. The lowest BCUT2D eigenvalue weighted by Crippen LogP contribution is -2.26. The lowest BCUT2D eigenvalue weighted by atomic mass is 10.1. The van der Waals surface area contributed by atoms with Gasteiger partial charge >= 0.3 is 0 Å². The minimum absolute atomic E-state index is 0.0533. The van der Waals surface area contributed by atoms with Crippen LogP contribution in [0.5, 0.6) is 0 Å². The van der Waals surface area contributed by atoms with Gasteiger partial charge in [-0.2, -0.15) is 0 Å². The number of benzene rings is 1. The van der Waals surface area contributed by atoms with Gasteiger partial charge in [0.05, 0.1) is 18.0 Å². The predicted molar refractivity (Wildman–Crippen MR) is 80.2 cm³/mol. The van der Waals surface area contributed by atoms with Crippen molar-refractivity contribution in [2.24, 2.45) is 0 Å². The van der Waals surface area contributed by atoms with Crippen LogP contribution < -0.4 is 4.31 Å². The van der Waals surface area contributed by atoms with Crippen molar-refractivity contribution in [3.8, 4) is 11.8 Å². The summed E-state index contributed by atoms with van der Waals surface area (Å²) in [7, 11) is -3.14. The number of nitrogens with zero attached hydrogens (tertiary/aromatic N) is 1. The molecule has 0 atom stereocenters. The Balaban J connectivity index is 2.34. The van der Waals surface area contributed by atoms with Gasteiger partial charge in [-0.1, -0.05) is 18.8 Å². The number of aliphatic hydroxyl groups is 1. The molecule has 1 N–H and O–H groups in total. The van der Waals surface area contributed by atoms with Crippen molar-refractivity contribution in [3.05, 3.63) is 29.3 Å². The van der Waals surface area contributed by atoms with E-state index in [1.807, 2.05) is 25.1 Å². The van der Waals surface area contributed by atoms with Crippen molar-refractivity contribution in [1.29, 1.82) is 0 Å². The first-order valence-corrected chi connectivity index (χ1v) is 8.42. The summed E-state index contributed by atoms with van der Waals surface area (Å²) in [5.74, 6) is 6.09. The number of hydrogen-bond donors (Lipinski definition) is 1. The standard InChI is InChI=1S/C15H19NO3S/c1-2-14-12-13(6-3-4-10-17)7-8-15(14)16-9-5-11-20(16,18)19/h7-8,12,17H,2,4-5,9-11H2,1H3. The van der Waals surface area contributed by atoms with Crippen molar-refractivity contribution >= 4 is 15.7 Å². The van der Waals surface area contributed by atoms with Gasteiger partial charge < -0.3 is 5.11 Å². The third-order valence-electron chi connectivity index (χ3n) is 3.30. The monoisotopic (exact) mass is 293 g/mol. The Hall–Kier alpha value is -1.51. The molecule has 0 aliphatic carbocycles. The van der Waals surface area contributed by atoms with Gasteiger partial charge in [0.1, 0.15) is 0 Å². The molecule has 1 heterocycles. The van der Waals surface area contributed by atoms with E-state index in [0.717, 1.165) is 23.2 Å². The summed E-state index contributed by atoms with van der Waals surface area (Å²) < 4.78 is 25.5. The smallest absolute Gasteiger partial charge is 0.235 e. The summed E-state index contributed by atoms with van der Waals surface area (Å²) in [6, 6.07) is 5.62. The fourth-order valence-electron chi connectivity index (χ4n) is 2.32. The van der Waals surface area contributed by atoms with Crippen LogP contribution in [0, 0.1) is 11.8 Å². The van der Waals surface area contributed by atoms with Crippen LogP contribution in [0.4, 0.5) is 5.69 Å². The molecule has 0 saturated carbocycles. The minimum atomic E-state index is -3.14. The Bertz CT molecular complexity index is 641. The molecule has 1 fully saturated rings. The summed E-state index contributed by atoms with van der Waals surface area (Å²) in [6.45, 7) is 2.62. The van der Waals surface area contributed by atoms with E-state index in [9.17, 15) is 8.42 Å². The first kappa shape index (κ1) is 14.9. The molecule has 0 amide bonds. The largest absolute Gasteiger partial charge is 0.395 e. The molecule has 1 aliphatic heterocycles. The van der Waals surface area contributed by atoms with Crippen molar-refractivity contribution in [3.63, 3.8) is 0 Å². The predicted octanol–water partition coefficient (Wildman–Crippen LogP) is 1.52. The SMILES string of the molecule is CCc1cc(C#CCCO)ccc1N1CCCS1(=O)=O. The molecule has 0 spiro atoms. The van der Waals surface area contributed by atoms with E-state index < -0.39 is 10.0 Å². The Morgan fingerprint density at radius 3 is 2.80 bits per heavy atom. The second-order valence-corrected chi connectivity index (χ2v) is 6.73. The van der Waals surface area contributed by atoms with Gasteiger partial charge in [0, 0.05) is 18.5 Å². The van der Waals surface area contributed by atoms with Crippen LogP contribution in [0.25, 0.3) is 0 Å². The van der Waals surface area contributed by atoms with Crippen molar-refractivity contribution < 1.29 is 13.5 Å². The maximum atomic E-state index is 12.0. The highest BCUT2D eigenvalue weighted by atomic mass is 32.2. The molecule has 1 aliphatic rings. The van der Waals surface area contributed by atoms with Crippen LogP contribution in [-0.2, 0) is 16.4 Å². The summed E-state index contributed by atoms with van der Waals surface area (Å²) in [4.78, 5) is 0. The maximum absolute atomic E-state index is 12.0. The van der Waals surface area contributed by atoms with Gasteiger partial charge in [0.2, 0.25) is 10.0 Å². The topological polar surface area (TPSA) is 57.6 Å². The van der Waals surface area contributed by atoms with Crippen LogP contribution >= 0.6 is 0 Å². The van der Waals surface area contributed by atoms with Crippen LogP contribution in [0.3, 0.4) is 0 Å². The number of anilines is 1. The molecular weight excluding hydrogens is 274 g/mol. The molecule has 20 heavy (non-hydrogen) atoms. The second kappa shape index (κ2) is 6.29. The summed E-state index contributed by atoms with van der Waals surface area (Å²) >= 11 is 0. The molecule has 1 aromatic rings. The molecule has 5 heteroatoms. The van der Waals surface area contributed by atoms with E-state index in [0.29, 0.717) is 19.4 Å². The first-order chi connectivity index (χ1) is 9.58. The molecule has 2 rings (SSSR count). The molecule has 0 radical (unpaired) electrons. The van der Waals surface area contributed by atoms with Gasteiger partial charge in [0.15, 0.2) is 0 Å². The highest BCUT2D eigenvalue weighted by molar-refractivity contribution is 7.93. The lowest BCUT2D eigenvalue weighted by Gasteiger charge is -2.20. The number of aliphatic hydroxyl groups excluding tert-OH is 1. The average molecular weight is 293 g/mol. The zero-order valence-corrected chi connectivity index (χ0v) is 12.4. The third kappa shape index (κ3) is 3.14. The van der Waals surface area contributed by atoms with E-state index in [1.54, 1.807) is 0 Å². The normalized spacial score (nSPS) is 16.8. The Morgan fingerprint density at radius 1 is 1.40 bits per heavy atom. The molecule has 1 saturated heterocycles. The van der Waals surface area contributed by atoms with Crippen LogP contribution in [0.15, 0.2) is 18.2 Å². The molecule has 4 nitrogen and oxygen atoms in total. The number of sulfonamides is 1. The van der Waals surface area contributed by atoms with Crippen molar-refractivity contribution in [2.75, 3.05) is 23.2 Å². The highest BCUT2D eigenvalue weighted by Crippen LogP contribution is 2.28. The Morgan fingerprint density at radius 2 is 2.20 bits per heavy atom. The minimum Gasteiger partial charge on any atom is -0.395 e. The summed E-state index contributed by atoms with van der Waals surface area (Å²) in [5.41, 5.74) is 2.62. The van der Waals surface area contributed by atoms with E-state index >= 15 is 0 Å². The summed E-state index contributed by atoms with van der Waals surface area (Å²) in [5, 5.41) is 8.71. The fraction of sp³-hybridized carbons (Fsp3) is 0.467. The first-order valence-electron chi connectivity index (χ1n) is 6.81. The van der Waals surface area contributed by atoms with Crippen LogP contribution in [0.1, 0.15) is 30.9 Å². The highest BCUT2D eigenvalue weighted by Gasteiger charge is 2.29. The average Bonchev–Trinajstić information content (AvgIpc) is 2.78. The van der Waals surface area contributed by atoms with Gasteiger partial charge in [-0.05, 0) is 36.6 Å². The van der Waals surface area contributed by atoms with Crippen LogP contribution in [0.2, 0.25) is 0 Å². The second-order valence-electron chi connectivity index (χ2n) is 4.71. The molecule has 0 bridgehead atoms. The third-order valence-corrected chi connectivity index (χ3v) is 5.15. The van der Waals surface area contributed by atoms with Crippen LogP contribution in [-0.4, -0.2) is 32.4 Å². The zero-order chi connectivity index (χ0) is 14.6. The van der Waals surface area contributed by atoms with E-state index in [1.165, 1.54) is 4.31 Å². The van der Waals surface area contributed by atoms with E-state index in [4.69, 9.17) is 5.11 Å².